The predicted octanol–water partition coefficient (Wildman–Crippen LogP) is 1.15. The Hall–Kier alpha value is -1.36. The quantitative estimate of drug-likeness (QED) is 0.809. The van der Waals surface area contributed by atoms with Crippen LogP contribution >= 0.6 is 0 Å². The second kappa shape index (κ2) is 5.31. The van der Waals surface area contributed by atoms with E-state index in [1.165, 1.54) is 0 Å². The highest BCUT2D eigenvalue weighted by Gasteiger charge is 2.33. The summed E-state index contributed by atoms with van der Waals surface area (Å²) in [5.74, 6) is -0.787. The number of aliphatic carboxylic acids is 1. The molecule has 0 aliphatic heterocycles. The third kappa shape index (κ3) is 3.30. The van der Waals surface area contributed by atoms with Gasteiger partial charge in [0.05, 0.1) is 6.20 Å². The summed E-state index contributed by atoms with van der Waals surface area (Å²) in [5.41, 5.74) is 0.309. The lowest BCUT2D eigenvalue weighted by Crippen LogP contribution is -2.50. The maximum absolute atomic E-state index is 11.2. The van der Waals surface area contributed by atoms with Crippen molar-refractivity contribution in [3.8, 4) is 0 Å². The number of carboxylic acids is 1. The molecule has 0 spiro atoms. The molecule has 0 fully saturated rings. The number of likely N-dealkylation sites (N-methyl/N-ethyl adjacent to an activating group) is 1. The number of aromatic nitrogens is 2. The van der Waals surface area contributed by atoms with Crippen LogP contribution in [0.15, 0.2) is 12.4 Å². The van der Waals surface area contributed by atoms with Crippen LogP contribution in [0.5, 0.6) is 0 Å². The van der Waals surface area contributed by atoms with Crippen molar-refractivity contribution in [1.29, 1.82) is 0 Å². The van der Waals surface area contributed by atoms with Gasteiger partial charge in [0.25, 0.3) is 0 Å². The number of carbonyl (C=O) groups is 1. The van der Waals surface area contributed by atoms with Gasteiger partial charge in [-0.3, -0.25) is 14.4 Å². The Morgan fingerprint density at radius 3 is 2.65 bits per heavy atom. The maximum atomic E-state index is 11.2. The zero-order valence-electron chi connectivity index (χ0n) is 11.0. The molecule has 0 unspecified atom stereocenters. The van der Waals surface area contributed by atoms with E-state index in [9.17, 15) is 9.90 Å². The predicted molar refractivity (Wildman–Crippen MR) is 65.9 cm³/mol. The molecule has 1 N–H and O–H groups in total. The second-order valence-electron chi connectivity index (χ2n) is 4.72. The molecule has 5 nitrogen and oxygen atoms in total. The molecule has 0 saturated carbocycles. The summed E-state index contributed by atoms with van der Waals surface area (Å²) >= 11 is 0. The molecule has 0 amide bonds. The van der Waals surface area contributed by atoms with Crippen LogP contribution in [0, 0.1) is 0 Å². The Morgan fingerprint density at radius 1 is 1.59 bits per heavy atom. The summed E-state index contributed by atoms with van der Waals surface area (Å²) < 4.78 is 1.76. The molecule has 1 aromatic rings. The fourth-order valence-corrected chi connectivity index (χ4v) is 1.83. The molecular formula is C12H21N3O2. The first kappa shape index (κ1) is 13.7. The summed E-state index contributed by atoms with van der Waals surface area (Å²) in [5, 5.41) is 13.3. The van der Waals surface area contributed by atoms with Crippen molar-refractivity contribution in [2.24, 2.45) is 7.05 Å². The smallest absolute Gasteiger partial charge is 0.323 e. The minimum atomic E-state index is -0.822. The number of hydrogen-bond acceptors (Lipinski definition) is 3. The molecule has 0 aliphatic rings. The van der Waals surface area contributed by atoms with E-state index in [-0.39, 0.29) is 0 Å². The van der Waals surface area contributed by atoms with Gasteiger partial charge >= 0.3 is 5.97 Å². The summed E-state index contributed by atoms with van der Waals surface area (Å²) in [7, 11) is 1.88. The van der Waals surface area contributed by atoms with E-state index in [0.717, 1.165) is 25.1 Å². The zero-order valence-corrected chi connectivity index (χ0v) is 11.0. The lowest BCUT2D eigenvalue weighted by Gasteiger charge is -2.34. The molecule has 0 bridgehead atoms. The summed E-state index contributed by atoms with van der Waals surface area (Å²) in [6.45, 7) is 6.90. The molecular weight excluding hydrogens is 218 g/mol. The summed E-state index contributed by atoms with van der Waals surface area (Å²) in [6, 6.07) is 0. The number of aryl methyl sites for hydroxylation is 1. The van der Waals surface area contributed by atoms with Crippen LogP contribution in [0.2, 0.25) is 0 Å². The SMILES string of the molecule is CCN(CCc1cnn(C)c1)C(C)(C)C(=O)O. The van der Waals surface area contributed by atoms with Crippen LogP contribution in [0.4, 0.5) is 0 Å². The Balaban J connectivity index is 2.62. The Morgan fingerprint density at radius 2 is 2.24 bits per heavy atom. The van der Waals surface area contributed by atoms with Crippen LogP contribution in [0.3, 0.4) is 0 Å². The Kier molecular flexibility index (Phi) is 4.28. The standard InChI is InChI=1S/C12H21N3O2/c1-5-15(12(2,3)11(16)17)7-6-10-8-13-14(4)9-10/h8-9H,5-7H2,1-4H3,(H,16,17). The third-order valence-corrected chi connectivity index (χ3v) is 3.12. The average Bonchev–Trinajstić information content (AvgIpc) is 2.64. The highest BCUT2D eigenvalue weighted by molar-refractivity contribution is 5.77. The molecule has 5 heteroatoms. The fourth-order valence-electron chi connectivity index (χ4n) is 1.83. The molecule has 1 aromatic heterocycles. The number of carboxylic acid groups (broad SMARTS) is 1. The van der Waals surface area contributed by atoms with E-state index in [1.807, 2.05) is 31.3 Å². The van der Waals surface area contributed by atoms with Crippen molar-refractivity contribution in [3.05, 3.63) is 18.0 Å². The minimum absolute atomic E-state index is 0.722. The molecule has 1 heterocycles. The van der Waals surface area contributed by atoms with Crippen molar-refractivity contribution in [1.82, 2.24) is 14.7 Å². The van der Waals surface area contributed by atoms with Gasteiger partial charge in [-0.15, -0.1) is 0 Å². The Labute approximate surface area is 102 Å². The third-order valence-electron chi connectivity index (χ3n) is 3.12. The van der Waals surface area contributed by atoms with Crippen LogP contribution in [-0.4, -0.2) is 44.4 Å². The van der Waals surface area contributed by atoms with Gasteiger partial charge in [0.15, 0.2) is 0 Å². The number of rotatable bonds is 6. The van der Waals surface area contributed by atoms with E-state index in [4.69, 9.17) is 0 Å². The molecule has 0 radical (unpaired) electrons. The van der Waals surface area contributed by atoms with Gasteiger partial charge in [-0.05, 0) is 32.4 Å². The second-order valence-corrected chi connectivity index (χ2v) is 4.72. The van der Waals surface area contributed by atoms with Gasteiger partial charge in [0.2, 0.25) is 0 Å². The minimum Gasteiger partial charge on any atom is -0.480 e. The largest absolute Gasteiger partial charge is 0.480 e. The first-order valence-electron chi connectivity index (χ1n) is 5.84. The molecule has 96 valence electrons. The van der Waals surface area contributed by atoms with Crippen LogP contribution in [0.1, 0.15) is 26.3 Å². The van der Waals surface area contributed by atoms with Crippen molar-refractivity contribution in [2.45, 2.75) is 32.7 Å². The van der Waals surface area contributed by atoms with Crippen LogP contribution in [0.25, 0.3) is 0 Å². The van der Waals surface area contributed by atoms with Gasteiger partial charge in [-0.1, -0.05) is 6.92 Å². The molecule has 0 aliphatic carbocycles. The van der Waals surface area contributed by atoms with E-state index in [0.29, 0.717) is 0 Å². The van der Waals surface area contributed by atoms with Gasteiger partial charge in [-0.2, -0.15) is 5.10 Å². The Bertz CT molecular complexity index is 385. The van der Waals surface area contributed by atoms with Crippen molar-refractivity contribution in [3.63, 3.8) is 0 Å². The lowest BCUT2D eigenvalue weighted by molar-refractivity contribution is -0.149. The topological polar surface area (TPSA) is 58.4 Å². The van der Waals surface area contributed by atoms with Gasteiger partial charge < -0.3 is 5.11 Å². The summed E-state index contributed by atoms with van der Waals surface area (Å²) in [6.07, 6.45) is 4.60. The first-order valence-corrected chi connectivity index (χ1v) is 5.84. The molecule has 1 rings (SSSR count). The van der Waals surface area contributed by atoms with E-state index in [2.05, 4.69) is 5.10 Å². The van der Waals surface area contributed by atoms with E-state index >= 15 is 0 Å². The number of hydrogen-bond donors (Lipinski definition) is 1. The highest BCUT2D eigenvalue weighted by Crippen LogP contribution is 2.15. The average molecular weight is 239 g/mol. The zero-order chi connectivity index (χ0) is 13.1. The molecule has 17 heavy (non-hydrogen) atoms. The van der Waals surface area contributed by atoms with Gasteiger partial charge in [0, 0.05) is 19.8 Å². The highest BCUT2D eigenvalue weighted by atomic mass is 16.4. The van der Waals surface area contributed by atoms with Gasteiger partial charge in [0.1, 0.15) is 5.54 Å². The molecule has 0 saturated heterocycles. The van der Waals surface area contributed by atoms with Crippen molar-refractivity contribution < 1.29 is 9.90 Å². The van der Waals surface area contributed by atoms with Crippen molar-refractivity contribution >= 4 is 5.97 Å². The van der Waals surface area contributed by atoms with Gasteiger partial charge in [-0.25, -0.2) is 0 Å². The summed E-state index contributed by atoms with van der Waals surface area (Å²) in [4.78, 5) is 13.1. The maximum Gasteiger partial charge on any atom is 0.323 e. The number of nitrogens with zero attached hydrogens (tertiary/aromatic N) is 3. The monoisotopic (exact) mass is 239 g/mol. The van der Waals surface area contributed by atoms with Crippen LogP contribution < -0.4 is 0 Å². The molecule has 0 aromatic carbocycles. The lowest BCUT2D eigenvalue weighted by atomic mass is 10.0. The van der Waals surface area contributed by atoms with Crippen LogP contribution in [-0.2, 0) is 18.3 Å². The van der Waals surface area contributed by atoms with Crippen molar-refractivity contribution in [2.75, 3.05) is 13.1 Å². The van der Waals surface area contributed by atoms with E-state index in [1.54, 1.807) is 18.5 Å². The first-order chi connectivity index (χ1) is 7.87. The van der Waals surface area contributed by atoms with E-state index < -0.39 is 11.5 Å². The normalized spacial score (nSPS) is 12.1. The fraction of sp³-hybridized carbons (Fsp3) is 0.667. The molecule has 0 atom stereocenters.